The standard InChI is InChI=1S/C9H17NO6S2/c1-3-10(8-4-5-17(13,14)6-8)18(15,16)7(2)9(11)12/h7-8H,3-6H2,1-2H3,(H,11,12). The normalized spacial score (nSPS) is 25.2. The minimum atomic E-state index is -4.01. The molecular formula is C9H17NO6S2. The van der Waals surface area contributed by atoms with Gasteiger partial charge in [0.2, 0.25) is 10.0 Å². The highest BCUT2D eigenvalue weighted by Gasteiger charge is 2.41. The number of carbonyl (C=O) groups is 1. The van der Waals surface area contributed by atoms with Crippen molar-refractivity contribution in [3.05, 3.63) is 0 Å². The third kappa shape index (κ3) is 3.01. The summed E-state index contributed by atoms with van der Waals surface area (Å²) in [5, 5.41) is 7.21. The molecule has 2 unspecified atom stereocenters. The van der Waals surface area contributed by atoms with Gasteiger partial charge in [0, 0.05) is 12.6 Å². The van der Waals surface area contributed by atoms with Gasteiger partial charge in [-0.2, -0.15) is 4.31 Å². The Labute approximate surface area is 107 Å². The predicted octanol–water partition coefficient (Wildman–Crippen LogP) is -0.702. The van der Waals surface area contributed by atoms with Crippen molar-refractivity contribution < 1.29 is 26.7 Å². The summed E-state index contributed by atoms with van der Waals surface area (Å²) >= 11 is 0. The van der Waals surface area contributed by atoms with E-state index in [4.69, 9.17) is 5.11 Å². The van der Waals surface area contributed by atoms with Crippen LogP contribution < -0.4 is 0 Å². The monoisotopic (exact) mass is 299 g/mol. The molecule has 0 aromatic carbocycles. The lowest BCUT2D eigenvalue weighted by Gasteiger charge is -2.27. The van der Waals surface area contributed by atoms with Crippen molar-refractivity contribution in [2.45, 2.75) is 31.6 Å². The number of sulfonamides is 1. The van der Waals surface area contributed by atoms with E-state index in [2.05, 4.69) is 0 Å². The SMILES string of the molecule is CCN(C1CCS(=O)(=O)C1)S(=O)(=O)C(C)C(=O)O. The number of carboxylic acids is 1. The first kappa shape index (κ1) is 15.4. The van der Waals surface area contributed by atoms with Gasteiger partial charge < -0.3 is 5.11 Å². The maximum absolute atomic E-state index is 12.1. The first-order valence-electron chi connectivity index (χ1n) is 5.55. The topological polar surface area (TPSA) is 109 Å². The molecule has 0 bridgehead atoms. The molecule has 1 aliphatic rings. The van der Waals surface area contributed by atoms with Crippen LogP contribution in [0.3, 0.4) is 0 Å². The van der Waals surface area contributed by atoms with Gasteiger partial charge in [0.1, 0.15) is 0 Å². The lowest BCUT2D eigenvalue weighted by atomic mass is 10.3. The van der Waals surface area contributed by atoms with E-state index in [9.17, 15) is 21.6 Å². The number of hydrogen-bond acceptors (Lipinski definition) is 5. The van der Waals surface area contributed by atoms with Crippen LogP contribution in [0.2, 0.25) is 0 Å². The molecule has 0 aliphatic carbocycles. The van der Waals surface area contributed by atoms with Crippen LogP contribution in [0, 0.1) is 0 Å². The molecule has 0 aromatic rings. The largest absolute Gasteiger partial charge is 0.480 e. The number of nitrogens with zero attached hydrogens (tertiary/aromatic N) is 1. The summed E-state index contributed by atoms with van der Waals surface area (Å²) in [6.07, 6.45) is 0.224. The summed E-state index contributed by atoms with van der Waals surface area (Å²) in [6, 6.07) is -0.646. The summed E-state index contributed by atoms with van der Waals surface area (Å²) in [5.41, 5.74) is 0. The highest BCUT2D eigenvalue weighted by Crippen LogP contribution is 2.22. The summed E-state index contributed by atoms with van der Waals surface area (Å²) in [5.74, 6) is -1.72. The van der Waals surface area contributed by atoms with Crippen molar-refractivity contribution in [2.24, 2.45) is 0 Å². The molecule has 1 fully saturated rings. The van der Waals surface area contributed by atoms with Crippen molar-refractivity contribution in [3.8, 4) is 0 Å². The molecular weight excluding hydrogens is 282 g/mol. The van der Waals surface area contributed by atoms with E-state index in [1.165, 1.54) is 0 Å². The van der Waals surface area contributed by atoms with Gasteiger partial charge in [-0.25, -0.2) is 16.8 Å². The third-order valence-electron chi connectivity index (χ3n) is 3.05. The highest BCUT2D eigenvalue weighted by molar-refractivity contribution is 7.92. The summed E-state index contributed by atoms with van der Waals surface area (Å²) < 4.78 is 47.8. The van der Waals surface area contributed by atoms with E-state index in [0.29, 0.717) is 0 Å². The second-order valence-electron chi connectivity index (χ2n) is 4.29. The summed E-state index contributed by atoms with van der Waals surface area (Å²) in [4.78, 5) is 10.8. The zero-order chi connectivity index (χ0) is 14.1. The van der Waals surface area contributed by atoms with E-state index in [0.717, 1.165) is 11.2 Å². The van der Waals surface area contributed by atoms with E-state index < -0.39 is 37.1 Å². The van der Waals surface area contributed by atoms with Crippen molar-refractivity contribution in [1.29, 1.82) is 0 Å². The minimum absolute atomic E-state index is 0.0505. The molecule has 9 heteroatoms. The number of sulfone groups is 1. The summed E-state index contributed by atoms with van der Waals surface area (Å²) in [6.45, 7) is 2.72. The van der Waals surface area contributed by atoms with Gasteiger partial charge in [-0.1, -0.05) is 6.92 Å². The molecule has 1 saturated heterocycles. The van der Waals surface area contributed by atoms with Gasteiger partial charge in [0.25, 0.3) is 0 Å². The first-order valence-corrected chi connectivity index (χ1v) is 8.88. The fourth-order valence-corrected chi connectivity index (χ4v) is 5.42. The van der Waals surface area contributed by atoms with Crippen LogP contribution >= 0.6 is 0 Å². The molecule has 1 rings (SSSR count). The quantitative estimate of drug-likeness (QED) is 0.719. The molecule has 18 heavy (non-hydrogen) atoms. The molecule has 0 amide bonds. The Morgan fingerprint density at radius 3 is 2.39 bits per heavy atom. The van der Waals surface area contributed by atoms with Crippen LogP contribution in [0.4, 0.5) is 0 Å². The smallest absolute Gasteiger partial charge is 0.323 e. The van der Waals surface area contributed by atoms with Gasteiger partial charge in [-0.05, 0) is 13.3 Å². The molecule has 1 N–H and O–H groups in total. The Kier molecular flexibility index (Phi) is 4.39. The van der Waals surface area contributed by atoms with E-state index >= 15 is 0 Å². The van der Waals surface area contributed by atoms with E-state index in [1.54, 1.807) is 6.92 Å². The molecule has 0 radical (unpaired) electrons. The van der Waals surface area contributed by atoms with Crippen molar-refractivity contribution in [1.82, 2.24) is 4.31 Å². The highest BCUT2D eigenvalue weighted by atomic mass is 32.2. The fraction of sp³-hybridized carbons (Fsp3) is 0.889. The third-order valence-corrected chi connectivity index (χ3v) is 7.10. The lowest BCUT2D eigenvalue weighted by molar-refractivity contribution is -0.136. The van der Waals surface area contributed by atoms with Crippen LogP contribution in [-0.4, -0.2) is 61.6 Å². The van der Waals surface area contributed by atoms with Gasteiger partial charge in [0.15, 0.2) is 15.1 Å². The predicted molar refractivity (Wildman–Crippen MR) is 65.5 cm³/mol. The van der Waals surface area contributed by atoms with Crippen molar-refractivity contribution in [2.75, 3.05) is 18.1 Å². The average Bonchev–Trinajstić information content (AvgIpc) is 2.58. The average molecular weight is 299 g/mol. The van der Waals surface area contributed by atoms with Crippen LogP contribution in [0.25, 0.3) is 0 Å². The molecule has 106 valence electrons. The molecule has 2 atom stereocenters. The Hall–Kier alpha value is -0.670. The fourth-order valence-electron chi connectivity index (χ4n) is 1.98. The van der Waals surface area contributed by atoms with Crippen LogP contribution in [0.15, 0.2) is 0 Å². The second kappa shape index (κ2) is 5.14. The Morgan fingerprint density at radius 2 is 2.06 bits per heavy atom. The Bertz CT molecular complexity index is 523. The number of carboxylic acid groups (broad SMARTS) is 1. The van der Waals surface area contributed by atoms with Gasteiger partial charge in [-0.3, -0.25) is 4.79 Å². The number of aliphatic carboxylic acids is 1. The Morgan fingerprint density at radius 1 is 1.50 bits per heavy atom. The van der Waals surface area contributed by atoms with Gasteiger partial charge >= 0.3 is 5.97 Å². The van der Waals surface area contributed by atoms with Crippen molar-refractivity contribution >= 4 is 25.8 Å². The molecule has 0 spiro atoms. The van der Waals surface area contributed by atoms with Gasteiger partial charge in [-0.15, -0.1) is 0 Å². The van der Waals surface area contributed by atoms with Gasteiger partial charge in [0.05, 0.1) is 11.5 Å². The number of rotatable bonds is 5. The molecule has 0 aromatic heterocycles. The lowest BCUT2D eigenvalue weighted by Crippen LogP contribution is -2.47. The van der Waals surface area contributed by atoms with E-state index in [-0.39, 0.29) is 24.5 Å². The van der Waals surface area contributed by atoms with E-state index in [1.807, 2.05) is 0 Å². The van der Waals surface area contributed by atoms with Crippen LogP contribution in [0.5, 0.6) is 0 Å². The van der Waals surface area contributed by atoms with Crippen LogP contribution in [-0.2, 0) is 24.7 Å². The van der Waals surface area contributed by atoms with Crippen molar-refractivity contribution in [3.63, 3.8) is 0 Å². The number of hydrogen-bond donors (Lipinski definition) is 1. The molecule has 7 nitrogen and oxygen atoms in total. The molecule has 1 aliphatic heterocycles. The maximum Gasteiger partial charge on any atom is 0.323 e. The Balaban J connectivity index is 3.01. The van der Waals surface area contributed by atoms with Crippen LogP contribution in [0.1, 0.15) is 20.3 Å². The zero-order valence-corrected chi connectivity index (χ0v) is 11.9. The maximum atomic E-state index is 12.1. The molecule has 0 saturated carbocycles. The molecule has 1 heterocycles. The zero-order valence-electron chi connectivity index (χ0n) is 10.2. The summed E-state index contributed by atoms with van der Waals surface area (Å²) in [7, 11) is -7.22. The second-order valence-corrected chi connectivity index (χ2v) is 8.72. The minimum Gasteiger partial charge on any atom is -0.480 e. The first-order chi connectivity index (χ1) is 8.12.